The number of pyridine rings is 1. The van der Waals surface area contributed by atoms with Crippen LogP contribution in [0.5, 0.6) is 17.2 Å². The van der Waals surface area contributed by atoms with Crippen molar-refractivity contribution in [2.45, 2.75) is 0 Å². The first-order valence-corrected chi connectivity index (χ1v) is 6.52. The molecule has 0 bridgehead atoms. The predicted molar refractivity (Wildman–Crippen MR) is 70.6 cm³/mol. The van der Waals surface area contributed by atoms with Crippen molar-refractivity contribution < 1.29 is 31.8 Å². The number of fused-ring (bicyclic) bond motifs is 1. The number of nitrogens with one attached hydrogen (secondary N) is 1. The summed E-state index contributed by atoms with van der Waals surface area (Å²) in [5, 5.41) is 2.23. The quantitative estimate of drug-likeness (QED) is 0.519. The lowest BCUT2D eigenvalue weighted by Gasteiger charge is -2.10. The second kappa shape index (κ2) is 6.19. The van der Waals surface area contributed by atoms with E-state index >= 15 is 0 Å². The average Bonchev–Trinajstić information content (AvgIpc) is 3.00. The first kappa shape index (κ1) is 15.2. The van der Waals surface area contributed by atoms with Crippen LogP contribution in [0, 0.1) is 23.5 Å². The van der Waals surface area contributed by atoms with Crippen LogP contribution in [0.2, 0.25) is 0 Å². The topological polar surface area (TPSA) is 52.6 Å². The number of benzene rings is 1. The van der Waals surface area contributed by atoms with Crippen LogP contribution >= 0.6 is 0 Å². The highest BCUT2D eigenvalue weighted by Gasteiger charge is 2.20. The zero-order valence-electron chi connectivity index (χ0n) is 11.5. The van der Waals surface area contributed by atoms with Crippen LogP contribution < -0.4 is 19.5 Å². The van der Waals surface area contributed by atoms with E-state index in [4.69, 9.17) is 14.2 Å². The Balaban J connectivity index is 1.58. The maximum atomic E-state index is 13.4. The zero-order chi connectivity index (χ0) is 16.4. The van der Waals surface area contributed by atoms with Gasteiger partial charge in [0, 0.05) is 12.6 Å². The van der Waals surface area contributed by atoms with Gasteiger partial charge in [0.15, 0.2) is 11.5 Å². The molecule has 1 aromatic heterocycles. The average molecular weight is 330 g/mol. The van der Waals surface area contributed by atoms with E-state index in [1.54, 1.807) is 18.2 Å². The van der Waals surface area contributed by atoms with Crippen molar-refractivity contribution >= 4 is 5.69 Å². The van der Waals surface area contributed by atoms with Crippen LogP contribution in [0.15, 0.2) is 18.2 Å². The second-order valence-electron chi connectivity index (χ2n) is 4.49. The minimum Gasteiger partial charge on any atom is -0.492 e. The molecule has 0 atom stereocenters. The molecule has 9 heteroatoms. The monoisotopic (exact) mass is 330 g/mol. The molecule has 23 heavy (non-hydrogen) atoms. The number of halogens is 4. The first-order chi connectivity index (χ1) is 11.1. The smallest absolute Gasteiger partial charge is 0.253 e. The minimum absolute atomic E-state index is 0.00984. The molecule has 1 aliphatic rings. The molecule has 5 nitrogen and oxygen atoms in total. The summed E-state index contributed by atoms with van der Waals surface area (Å²) < 4.78 is 68.2. The third kappa shape index (κ3) is 3.08. The molecule has 0 radical (unpaired) electrons. The summed E-state index contributed by atoms with van der Waals surface area (Å²) >= 11 is 0. The number of hydrogen-bond acceptors (Lipinski definition) is 5. The van der Waals surface area contributed by atoms with Gasteiger partial charge in [-0.2, -0.15) is 22.5 Å². The molecule has 0 aliphatic carbocycles. The summed E-state index contributed by atoms with van der Waals surface area (Å²) in [6.07, 6.45) is 0. The third-order valence-electron chi connectivity index (χ3n) is 3.01. The molecule has 1 aliphatic heterocycles. The minimum atomic E-state index is -1.72. The van der Waals surface area contributed by atoms with E-state index < -0.39 is 29.2 Å². The Hall–Kier alpha value is -2.71. The Labute approximate surface area is 127 Å². The fourth-order valence-corrected chi connectivity index (χ4v) is 1.95. The van der Waals surface area contributed by atoms with Crippen molar-refractivity contribution in [3.05, 3.63) is 41.7 Å². The summed E-state index contributed by atoms with van der Waals surface area (Å²) in [6, 6.07) is 4.87. The molecule has 0 fully saturated rings. The maximum absolute atomic E-state index is 13.4. The first-order valence-electron chi connectivity index (χ1n) is 6.52. The summed E-state index contributed by atoms with van der Waals surface area (Å²) in [5.74, 6) is -5.07. The molecule has 0 spiro atoms. The van der Waals surface area contributed by atoms with Gasteiger partial charge in [0.05, 0.1) is 0 Å². The third-order valence-corrected chi connectivity index (χ3v) is 3.01. The van der Waals surface area contributed by atoms with E-state index in [-0.39, 0.29) is 19.9 Å². The fourth-order valence-electron chi connectivity index (χ4n) is 1.95. The number of aromatic nitrogens is 1. The van der Waals surface area contributed by atoms with E-state index in [0.29, 0.717) is 17.2 Å². The van der Waals surface area contributed by atoms with Gasteiger partial charge in [0.1, 0.15) is 18.0 Å². The Morgan fingerprint density at radius 2 is 1.74 bits per heavy atom. The predicted octanol–water partition coefficient (Wildman–Crippen LogP) is 2.86. The Bertz CT molecular complexity index is 716. The van der Waals surface area contributed by atoms with Crippen LogP contribution in [-0.2, 0) is 0 Å². The number of rotatable bonds is 5. The van der Waals surface area contributed by atoms with Gasteiger partial charge in [-0.1, -0.05) is 0 Å². The van der Waals surface area contributed by atoms with E-state index in [9.17, 15) is 17.6 Å². The molecular weight excluding hydrogens is 320 g/mol. The molecular formula is C14H10F4N2O3. The molecule has 2 heterocycles. The van der Waals surface area contributed by atoms with E-state index in [1.807, 2.05) is 0 Å². The van der Waals surface area contributed by atoms with Crippen molar-refractivity contribution in [2.24, 2.45) is 0 Å². The van der Waals surface area contributed by atoms with E-state index in [0.717, 1.165) is 0 Å². The molecule has 3 rings (SSSR count). The van der Waals surface area contributed by atoms with Crippen molar-refractivity contribution in [3.8, 4) is 17.2 Å². The van der Waals surface area contributed by atoms with Crippen molar-refractivity contribution in [2.75, 3.05) is 25.3 Å². The van der Waals surface area contributed by atoms with Crippen LogP contribution in [0.1, 0.15) is 0 Å². The summed E-state index contributed by atoms with van der Waals surface area (Å²) in [6.45, 7) is 0.0212. The molecule has 0 unspecified atom stereocenters. The molecule has 2 aromatic rings. The van der Waals surface area contributed by atoms with Crippen molar-refractivity contribution in [3.63, 3.8) is 0 Å². The number of hydrogen-bond donors (Lipinski definition) is 1. The highest BCUT2D eigenvalue weighted by atomic mass is 19.2. The number of ether oxygens (including phenoxy) is 3. The standard InChI is InChI=1S/C14H10F4N2O3/c15-10-12(11(16)14(18)20-13(10)17)19-3-4-21-7-1-2-8-9(5-7)23-6-22-8/h1-2,5H,3-4,6H2,(H,19,20). The van der Waals surface area contributed by atoms with Gasteiger partial charge >= 0.3 is 0 Å². The second-order valence-corrected chi connectivity index (χ2v) is 4.49. The van der Waals surface area contributed by atoms with Crippen LogP contribution in [0.4, 0.5) is 23.2 Å². The Kier molecular flexibility index (Phi) is 4.09. The lowest BCUT2D eigenvalue weighted by molar-refractivity contribution is 0.174. The summed E-state index contributed by atoms with van der Waals surface area (Å²) in [7, 11) is 0. The molecule has 1 aromatic carbocycles. The SMILES string of the molecule is Fc1nc(F)c(F)c(NCCOc2ccc3c(c2)OCO3)c1F. The van der Waals surface area contributed by atoms with Crippen molar-refractivity contribution in [1.82, 2.24) is 4.98 Å². The Morgan fingerprint density at radius 1 is 1.04 bits per heavy atom. The molecule has 0 saturated heterocycles. The molecule has 1 N–H and O–H groups in total. The zero-order valence-corrected chi connectivity index (χ0v) is 11.5. The van der Waals surface area contributed by atoms with Gasteiger partial charge < -0.3 is 19.5 Å². The normalized spacial score (nSPS) is 12.3. The van der Waals surface area contributed by atoms with Gasteiger partial charge in [-0.05, 0) is 12.1 Å². The van der Waals surface area contributed by atoms with Gasteiger partial charge in [0.25, 0.3) is 11.9 Å². The van der Waals surface area contributed by atoms with Crippen LogP contribution in [0.3, 0.4) is 0 Å². The van der Waals surface area contributed by atoms with Crippen LogP contribution in [-0.4, -0.2) is 24.9 Å². The molecule has 122 valence electrons. The number of anilines is 1. The van der Waals surface area contributed by atoms with Crippen molar-refractivity contribution in [1.29, 1.82) is 0 Å². The van der Waals surface area contributed by atoms with E-state index in [1.165, 1.54) is 0 Å². The molecule has 0 amide bonds. The lowest BCUT2D eigenvalue weighted by Crippen LogP contribution is -2.15. The summed E-state index contributed by atoms with van der Waals surface area (Å²) in [4.78, 5) is 2.46. The van der Waals surface area contributed by atoms with Gasteiger partial charge in [-0.15, -0.1) is 0 Å². The fraction of sp³-hybridized carbons (Fsp3) is 0.214. The largest absolute Gasteiger partial charge is 0.492 e. The van der Waals surface area contributed by atoms with Gasteiger partial charge in [-0.3, -0.25) is 0 Å². The molecule has 0 saturated carbocycles. The highest BCUT2D eigenvalue weighted by molar-refractivity contribution is 5.47. The van der Waals surface area contributed by atoms with Gasteiger partial charge in [-0.25, -0.2) is 0 Å². The number of nitrogens with zero attached hydrogens (tertiary/aromatic N) is 1. The highest BCUT2D eigenvalue weighted by Crippen LogP contribution is 2.35. The Morgan fingerprint density at radius 3 is 2.48 bits per heavy atom. The van der Waals surface area contributed by atoms with Gasteiger partial charge in [0.2, 0.25) is 18.4 Å². The van der Waals surface area contributed by atoms with E-state index in [2.05, 4.69) is 10.3 Å². The van der Waals surface area contributed by atoms with Crippen LogP contribution in [0.25, 0.3) is 0 Å². The summed E-state index contributed by atoms with van der Waals surface area (Å²) in [5.41, 5.74) is -0.927. The lowest BCUT2D eigenvalue weighted by atomic mass is 10.3. The maximum Gasteiger partial charge on any atom is 0.253 e.